The summed E-state index contributed by atoms with van der Waals surface area (Å²) in [5.74, 6) is -0.714. The van der Waals surface area contributed by atoms with Crippen molar-refractivity contribution in [3.8, 4) is 5.75 Å². The summed E-state index contributed by atoms with van der Waals surface area (Å²) in [6.45, 7) is 6.95. The van der Waals surface area contributed by atoms with Crippen LogP contribution in [0.15, 0.2) is 63.5 Å². The standard InChI is InChI=1S/C28H27ClF3N3O4S/c1-5-34(6-2)19-13-10-17(20(15-19)38-4)14-21-25(36)35-23(16-8-11-18(29)12-9-16)22(26(37)39-7-3)24(28(30,31)32)33-27(35)40-21/h8-15,23H,5-7H2,1-4H3/b21-14-/t23-/m1/s1. The Labute approximate surface area is 237 Å². The number of nitrogens with zero attached hydrogens (tertiary/aromatic N) is 3. The van der Waals surface area contributed by atoms with E-state index in [-0.39, 0.29) is 21.5 Å². The number of methoxy groups -OCH3 is 1. The molecule has 3 aromatic rings. The first kappa shape index (κ1) is 29.4. The molecule has 1 aromatic heterocycles. The van der Waals surface area contributed by atoms with Gasteiger partial charge in [-0.15, -0.1) is 0 Å². The number of benzene rings is 2. The van der Waals surface area contributed by atoms with Crippen LogP contribution in [0.5, 0.6) is 5.75 Å². The topological polar surface area (TPSA) is 73.1 Å². The molecule has 4 rings (SSSR count). The molecule has 0 saturated heterocycles. The van der Waals surface area contributed by atoms with E-state index in [9.17, 15) is 22.8 Å². The molecule has 0 aliphatic carbocycles. The minimum Gasteiger partial charge on any atom is -0.496 e. The van der Waals surface area contributed by atoms with Gasteiger partial charge in [0.05, 0.1) is 29.9 Å². The zero-order chi connectivity index (χ0) is 29.2. The molecule has 0 unspecified atom stereocenters. The Morgan fingerprint density at radius 3 is 2.40 bits per heavy atom. The minimum absolute atomic E-state index is 0.123. The average Bonchev–Trinajstić information content (AvgIpc) is 3.23. The van der Waals surface area contributed by atoms with Gasteiger partial charge in [-0.2, -0.15) is 13.2 Å². The number of carbonyl (C=O) groups excluding carboxylic acids is 1. The second-order valence-electron chi connectivity index (χ2n) is 8.71. The maximum atomic E-state index is 14.3. The van der Waals surface area contributed by atoms with E-state index in [4.69, 9.17) is 21.1 Å². The van der Waals surface area contributed by atoms with E-state index in [0.29, 0.717) is 16.3 Å². The number of esters is 1. The maximum Gasteiger partial charge on any atom is 0.434 e. The Kier molecular flexibility index (Phi) is 8.74. The number of hydrogen-bond donors (Lipinski definition) is 0. The van der Waals surface area contributed by atoms with Crippen LogP contribution in [0.25, 0.3) is 6.08 Å². The van der Waals surface area contributed by atoms with Gasteiger partial charge in [0.2, 0.25) is 0 Å². The van der Waals surface area contributed by atoms with Crippen LogP contribution in [0.1, 0.15) is 37.9 Å². The first-order valence-electron chi connectivity index (χ1n) is 12.5. The number of carbonyl (C=O) groups is 1. The predicted molar refractivity (Wildman–Crippen MR) is 149 cm³/mol. The summed E-state index contributed by atoms with van der Waals surface area (Å²) in [5.41, 5.74) is -1.04. The number of alkyl halides is 3. The molecule has 212 valence electrons. The lowest BCUT2D eigenvalue weighted by molar-refractivity contribution is -0.140. The van der Waals surface area contributed by atoms with Crippen molar-refractivity contribution >= 4 is 40.7 Å². The fourth-order valence-corrected chi connectivity index (χ4v) is 5.66. The molecule has 1 atom stereocenters. The van der Waals surface area contributed by atoms with Gasteiger partial charge in [0, 0.05) is 35.4 Å². The third-order valence-electron chi connectivity index (χ3n) is 6.41. The fourth-order valence-electron chi connectivity index (χ4n) is 4.55. The molecular formula is C28H27ClF3N3O4S. The third-order valence-corrected chi connectivity index (χ3v) is 7.65. The van der Waals surface area contributed by atoms with Crippen LogP contribution >= 0.6 is 22.9 Å². The second kappa shape index (κ2) is 11.9. The van der Waals surface area contributed by atoms with E-state index in [1.165, 1.54) is 38.3 Å². The average molecular weight is 594 g/mol. The number of ether oxygens (including phenoxy) is 2. The first-order valence-corrected chi connectivity index (χ1v) is 13.7. The number of rotatable bonds is 8. The minimum atomic E-state index is -4.98. The predicted octanol–water partition coefficient (Wildman–Crippen LogP) is 4.85. The van der Waals surface area contributed by atoms with Gasteiger partial charge < -0.3 is 14.4 Å². The van der Waals surface area contributed by atoms with Crippen LogP contribution in [0.4, 0.5) is 18.9 Å². The van der Waals surface area contributed by atoms with Gasteiger partial charge in [0.25, 0.3) is 5.56 Å². The van der Waals surface area contributed by atoms with Crippen molar-refractivity contribution in [1.82, 2.24) is 4.57 Å². The number of halogens is 4. The highest BCUT2D eigenvalue weighted by atomic mass is 35.5. The largest absolute Gasteiger partial charge is 0.496 e. The highest BCUT2D eigenvalue weighted by molar-refractivity contribution is 7.07. The number of hydrogen-bond acceptors (Lipinski definition) is 7. The van der Waals surface area contributed by atoms with Gasteiger partial charge in [-0.3, -0.25) is 9.36 Å². The molecule has 0 spiro atoms. The Balaban J connectivity index is 1.99. The zero-order valence-electron chi connectivity index (χ0n) is 22.2. The van der Waals surface area contributed by atoms with Crippen molar-refractivity contribution in [3.63, 3.8) is 0 Å². The van der Waals surface area contributed by atoms with E-state index in [1.807, 2.05) is 26.0 Å². The summed E-state index contributed by atoms with van der Waals surface area (Å²) in [6.07, 6.45) is -3.43. The lowest BCUT2D eigenvalue weighted by Gasteiger charge is -2.26. The number of thiazole rings is 1. The summed E-state index contributed by atoms with van der Waals surface area (Å²) in [5, 5.41) is 0.342. The molecule has 12 heteroatoms. The van der Waals surface area contributed by atoms with E-state index < -0.39 is 35.0 Å². The second-order valence-corrected chi connectivity index (χ2v) is 10.2. The van der Waals surface area contributed by atoms with Gasteiger partial charge in [0.1, 0.15) is 5.75 Å². The highest BCUT2D eigenvalue weighted by Crippen LogP contribution is 2.38. The Hall–Kier alpha value is -3.57. The zero-order valence-corrected chi connectivity index (χ0v) is 23.8. The molecule has 1 aliphatic heterocycles. The van der Waals surface area contributed by atoms with Crippen LogP contribution in [0.2, 0.25) is 5.02 Å². The van der Waals surface area contributed by atoms with Crippen LogP contribution in [-0.2, 0) is 9.53 Å². The fraction of sp³-hybridized carbons (Fsp3) is 0.321. The molecule has 7 nitrogen and oxygen atoms in total. The van der Waals surface area contributed by atoms with Crippen molar-refractivity contribution in [2.45, 2.75) is 33.0 Å². The van der Waals surface area contributed by atoms with Gasteiger partial charge in [-0.1, -0.05) is 35.1 Å². The van der Waals surface area contributed by atoms with Gasteiger partial charge in [0.15, 0.2) is 10.5 Å². The quantitative estimate of drug-likeness (QED) is 0.349. The van der Waals surface area contributed by atoms with Crippen molar-refractivity contribution in [3.05, 3.63) is 89.6 Å². The Morgan fingerprint density at radius 1 is 1.15 bits per heavy atom. The smallest absolute Gasteiger partial charge is 0.434 e. The van der Waals surface area contributed by atoms with Crippen molar-refractivity contribution < 1.29 is 27.4 Å². The molecule has 0 bridgehead atoms. The van der Waals surface area contributed by atoms with Crippen LogP contribution in [-0.4, -0.2) is 43.5 Å². The van der Waals surface area contributed by atoms with Crippen LogP contribution < -0.4 is 24.5 Å². The lowest BCUT2D eigenvalue weighted by atomic mass is 9.95. The van der Waals surface area contributed by atoms with E-state index in [2.05, 4.69) is 9.89 Å². The van der Waals surface area contributed by atoms with E-state index in [0.717, 1.165) is 34.7 Å². The van der Waals surface area contributed by atoms with Gasteiger partial charge in [-0.25, -0.2) is 9.79 Å². The van der Waals surface area contributed by atoms with Crippen molar-refractivity contribution in [2.24, 2.45) is 4.99 Å². The normalized spacial score (nSPS) is 15.5. The summed E-state index contributed by atoms with van der Waals surface area (Å²) in [4.78, 5) is 32.4. The Bertz CT molecular complexity index is 1620. The molecule has 2 heterocycles. The number of fused-ring (bicyclic) bond motifs is 1. The molecular weight excluding hydrogens is 567 g/mol. The van der Waals surface area contributed by atoms with Crippen LogP contribution in [0.3, 0.4) is 0 Å². The van der Waals surface area contributed by atoms with Gasteiger partial charge in [-0.05, 0) is 56.7 Å². The Morgan fingerprint density at radius 2 is 1.82 bits per heavy atom. The third kappa shape index (κ3) is 5.66. The molecule has 40 heavy (non-hydrogen) atoms. The maximum absolute atomic E-state index is 14.3. The lowest BCUT2D eigenvalue weighted by Crippen LogP contribution is -2.41. The van der Waals surface area contributed by atoms with Crippen molar-refractivity contribution in [1.29, 1.82) is 0 Å². The summed E-state index contributed by atoms with van der Waals surface area (Å²) < 4.78 is 54.6. The summed E-state index contributed by atoms with van der Waals surface area (Å²) in [6, 6.07) is 9.97. The summed E-state index contributed by atoms with van der Waals surface area (Å²) in [7, 11) is 1.50. The number of anilines is 1. The molecule has 0 fully saturated rings. The first-order chi connectivity index (χ1) is 19.0. The molecule has 1 aliphatic rings. The molecule has 2 aromatic carbocycles. The van der Waals surface area contributed by atoms with Crippen LogP contribution in [0, 0.1) is 0 Å². The molecule has 0 saturated carbocycles. The summed E-state index contributed by atoms with van der Waals surface area (Å²) >= 11 is 6.81. The van der Waals surface area contributed by atoms with Crippen molar-refractivity contribution in [2.75, 3.05) is 31.7 Å². The van der Waals surface area contributed by atoms with E-state index >= 15 is 0 Å². The number of allylic oxidation sites excluding steroid dienone is 1. The SMILES string of the molecule is CCOC(=O)C1=C(C(F)(F)F)N=c2s/c(=C\c3ccc(N(CC)CC)cc3OC)c(=O)n2[C@@H]1c1ccc(Cl)cc1. The van der Waals surface area contributed by atoms with Gasteiger partial charge >= 0.3 is 12.1 Å². The molecule has 0 amide bonds. The number of aromatic nitrogens is 1. The van der Waals surface area contributed by atoms with E-state index in [1.54, 1.807) is 12.1 Å². The molecule has 0 N–H and O–H groups in total. The highest BCUT2D eigenvalue weighted by Gasteiger charge is 2.45. The monoisotopic (exact) mass is 593 g/mol. The molecule has 0 radical (unpaired) electrons.